The van der Waals surface area contributed by atoms with E-state index in [0.717, 1.165) is 59.4 Å². The van der Waals surface area contributed by atoms with Gasteiger partial charge in [-0.3, -0.25) is 9.89 Å². The van der Waals surface area contributed by atoms with Crippen LogP contribution in [0.4, 0.5) is 11.5 Å². The summed E-state index contributed by atoms with van der Waals surface area (Å²) in [6, 6.07) is 7.95. The maximum absolute atomic E-state index is 12.5. The lowest BCUT2D eigenvalue weighted by molar-refractivity contribution is -0.120. The summed E-state index contributed by atoms with van der Waals surface area (Å²) in [6.45, 7) is 1.87. The number of rotatable bonds is 5. The molecular formula is C20H22N8O. The van der Waals surface area contributed by atoms with Gasteiger partial charge in [0.05, 0.1) is 29.3 Å². The number of anilines is 2. The second-order valence-electron chi connectivity index (χ2n) is 7.28. The number of nitrogens with one attached hydrogen (secondary N) is 4. The molecule has 1 aliphatic rings. The maximum Gasteiger partial charge on any atom is 0.239 e. The summed E-state index contributed by atoms with van der Waals surface area (Å²) in [5, 5.41) is 15.4. The second kappa shape index (κ2) is 7.42. The van der Waals surface area contributed by atoms with E-state index in [1.54, 1.807) is 12.5 Å². The molecule has 148 valence electrons. The van der Waals surface area contributed by atoms with Crippen LogP contribution in [-0.4, -0.2) is 56.7 Å². The molecule has 1 amide bonds. The van der Waals surface area contributed by atoms with Crippen LogP contribution in [0.3, 0.4) is 0 Å². The first-order valence-electron chi connectivity index (χ1n) is 9.76. The van der Waals surface area contributed by atoms with Crippen molar-refractivity contribution in [3.05, 3.63) is 43.0 Å². The smallest absolute Gasteiger partial charge is 0.239 e. The van der Waals surface area contributed by atoms with Crippen LogP contribution < -0.4 is 15.5 Å². The molecule has 1 unspecified atom stereocenters. The van der Waals surface area contributed by atoms with E-state index in [9.17, 15) is 4.79 Å². The van der Waals surface area contributed by atoms with E-state index in [0.29, 0.717) is 0 Å². The standard InChI is InChI=1S/C20H22N8O/c29-17(10-22-16-5-1-3-13-9-25-27-18(13)16)26-14-4-2-8-28(11-14)20-15-6-7-21-19(15)23-12-24-20/h1,3,5-7,9,12,14,22H,2,4,8,10-11H2,(H,25,27)(H,26,29)(H,21,23,24). The van der Waals surface area contributed by atoms with Crippen LogP contribution in [0.5, 0.6) is 0 Å². The van der Waals surface area contributed by atoms with Crippen LogP contribution in [0.15, 0.2) is 43.0 Å². The topological polar surface area (TPSA) is 115 Å². The number of para-hydroxylation sites is 1. The van der Waals surface area contributed by atoms with Gasteiger partial charge < -0.3 is 20.5 Å². The lowest BCUT2D eigenvalue weighted by atomic mass is 10.1. The number of nitrogens with zero attached hydrogens (tertiary/aromatic N) is 4. The van der Waals surface area contributed by atoms with Crippen LogP contribution in [0.2, 0.25) is 0 Å². The molecule has 9 nitrogen and oxygen atoms in total. The van der Waals surface area contributed by atoms with E-state index >= 15 is 0 Å². The van der Waals surface area contributed by atoms with Gasteiger partial charge in [0.25, 0.3) is 0 Å². The van der Waals surface area contributed by atoms with Crippen LogP contribution in [0, 0.1) is 0 Å². The number of hydrogen-bond acceptors (Lipinski definition) is 6. The number of H-pyrrole nitrogens is 2. The molecule has 0 saturated carbocycles. The van der Waals surface area contributed by atoms with Crippen LogP contribution in [0.1, 0.15) is 12.8 Å². The van der Waals surface area contributed by atoms with E-state index < -0.39 is 0 Å². The van der Waals surface area contributed by atoms with E-state index in [1.165, 1.54) is 0 Å². The zero-order chi connectivity index (χ0) is 19.6. The number of hydrogen-bond donors (Lipinski definition) is 4. The van der Waals surface area contributed by atoms with Gasteiger partial charge in [-0.15, -0.1) is 0 Å². The molecule has 1 saturated heterocycles. The summed E-state index contributed by atoms with van der Waals surface area (Å²) in [4.78, 5) is 26.6. The van der Waals surface area contributed by atoms with Crippen molar-refractivity contribution in [2.45, 2.75) is 18.9 Å². The summed E-state index contributed by atoms with van der Waals surface area (Å²) in [6.07, 6.45) is 7.18. The molecule has 1 aliphatic heterocycles. The molecule has 5 rings (SSSR count). The highest BCUT2D eigenvalue weighted by Crippen LogP contribution is 2.25. The highest BCUT2D eigenvalue weighted by atomic mass is 16.2. The highest BCUT2D eigenvalue weighted by molar-refractivity contribution is 5.92. The molecule has 9 heteroatoms. The molecule has 3 aromatic heterocycles. The lowest BCUT2D eigenvalue weighted by Gasteiger charge is -2.34. The molecule has 0 radical (unpaired) electrons. The Labute approximate surface area is 166 Å². The van der Waals surface area contributed by atoms with Crippen LogP contribution >= 0.6 is 0 Å². The van der Waals surface area contributed by atoms with Crippen molar-refractivity contribution >= 4 is 39.3 Å². The zero-order valence-corrected chi connectivity index (χ0v) is 15.9. The number of piperidine rings is 1. The predicted molar refractivity (Wildman–Crippen MR) is 112 cm³/mol. The number of benzene rings is 1. The largest absolute Gasteiger partial charge is 0.374 e. The average Bonchev–Trinajstić information content (AvgIpc) is 3.41. The Hall–Kier alpha value is -3.62. The van der Waals surface area contributed by atoms with E-state index in [1.807, 2.05) is 30.5 Å². The Morgan fingerprint density at radius 2 is 2.24 bits per heavy atom. The van der Waals surface area contributed by atoms with Crippen LogP contribution in [0.25, 0.3) is 21.9 Å². The van der Waals surface area contributed by atoms with Crippen molar-refractivity contribution in [2.24, 2.45) is 0 Å². The van der Waals surface area contributed by atoms with Gasteiger partial charge in [-0.25, -0.2) is 9.97 Å². The minimum atomic E-state index is -0.0251. The molecule has 1 aromatic carbocycles. The van der Waals surface area contributed by atoms with Gasteiger partial charge in [0.1, 0.15) is 17.8 Å². The van der Waals surface area contributed by atoms with Crippen LogP contribution in [-0.2, 0) is 4.79 Å². The fourth-order valence-corrected chi connectivity index (χ4v) is 3.97. The van der Waals surface area contributed by atoms with Crippen molar-refractivity contribution in [3.63, 3.8) is 0 Å². The Morgan fingerprint density at radius 3 is 3.21 bits per heavy atom. The molecule has 0 spiro atoms. The number of carbonyl (C=O) groups excluding carboxylic acids is 1. The van der Waals surface area contributed by atoms with E-state index in [2.05, 4.69) is 40.7 Å². The second-order valence-corrected chi connectivity index (χ2v) is 7.28. The summed E-state index contributed by atoms with van der Waals surface area (Å²) in [7, 11) is 0. The first-order chi connectivity index (χ1) is 14.3. The SMILES string of the molecule is O=C(CNc1cccc2cn[nH]c12)NC1CCCN(c2ncnc3[nH]ccc23)C1. The fourth-order valence-electron chi connectivity index (χ4n) is 3.97. The lowest BCUT2D eigenvalue weighted by Crippen LogP contribution is -2.49. The first-order valence-corrected chi connectivity index (χ1v) is 9.76. The third-order valence-electron chi connectivity index (χ3n) is 5.34. The van der Waals surface area contributed by atoms with Gasteiger partial charge in [0.15, 0.2) is 0 Å². The number of carbonyl (C=O) groups is 1. The van der Waals surface area contributed by atoms with E-state index in [-0.39, 0.29) is 18.5 Å². The zero-order valence-electron chi connectivity index (χ0n) is 15.9. The minimum Gasteiger partial charge on any atom is -0.374 e. The predicted octanol–water partition coefficient (Wildman–Crippen LogP) is 2.03. The van der Waals surface area contributed by atoms with Crippen molar-refractivity contribution < 1.29 is 4.79 Å². The highest BCUT2D eigenvalue weighted by Gasteiger charge is 2.23. The Kier molecular flexibility index (Phi) is 4.47. The molecule has 4 aromatic rings. The molecule has 4 heterocycles. The third-order valence-corrected chi connectivity index (χ3v) is 5.34. The molecule has 1 fully saturated rings. The third kappa shape index (κ3) is 3.46. The Morgan fingerprint density at radius 1 is 1.28 bits per heavy atom. The van der Waals surface area contributed by atoms with E-state index in [4.69, 9.17) is 0 Å². The number of aromatic amines is 2. The van der Waals surface area contributed by atoms with Gasteiger partial charge in [-0.05, 0) is 25.0 Å². The molecular weight excluding hydrogens is 368 g/mol. The van der Waals surface area contributed by atoms with Gasteiger partial charge >= 0.3 is 0 Å². The molecule has 29 heavy (non-hydrogen) atoms. The summed E-state index contributed by atoms with van der Waals surface area (Å²) >= 11 is 0. The number of aromatic nitrogens is 5. The Bertz CT molecular complexity index is 1150. The Balaban J connectivity index is 1.22. The normalized spacial score (nSPS) is 17.0. The average molecular weight is 390 g/mol. The summed E-state index contributed by atoms with van der Waals surface area (Å²) in [5.41, 5.74) is 2.61. The summed E-state index contributed by atoms with van der Waals surface area (Å²) in [5.74, 6) is 0.891. The maximum atomic E-state index is 12.5. The van der Waals surface area contributed by atoms with Crippen molar-refractivity contribution in [2.75, 3.05) is 29.9 Å². The van der Waals surface area contributed by atoms with Crippen molar-refractivity contribution in [3.8, 4) is 0 Å². The summed E-state index contributed by atoms with van der Waals surface area (Å²) < 4.78 is 0. The number of fused-ring (bicyclic) bond motifs is 2. The van der Waals surface area contributed by atoms with Gasteiger partial charge in [0.2, 0.25) is 5.91 Å². The molecule has 0 bridgehead atoms. The monoisotopic (exact) mass is 390 g/mol. The van der Waals surface area contributed by atoms with Gasteiger partial charge in [-0.2, -0.15) is 5.10 Å². The van der Waals surface area contributed by atoms with Crippen molar-refractivity contribution in [1.29, 1.82) is 0 Å². The first kappa shape index (κ1) is 17.5. The molecule has 1 atom stereocenters. The van der Waals surface area contributed by atoms with Gasteiger partial charge in [0, 0.05) is 30.7 Å². The molecule has 0 aliphatic carbocycles. The minimum absolute atomic E-state index is 0.0251. The van der Waals surface area contributed by atoms with Crippen molar-refractivity contribution in [1.82, 2.24) is 30.5 Å². The fraction of sp³-hybridized carbons (Fsp3) is 0.300. The quantitative estimate of drug-likeness (QED) is 0.415. The van der Waals surface area contributed by atoms with Gasteiger partial charge in [-0.1, -0.05) is 12.1 Å². The molecule has 4 N–H and O–H groups in total. The number of amides is 1.